The molecule has 1 aromatic rings. The van der Waals surface area contributed by atoms with E-state index in [1.807, 2.05) is 0 Å². The van der Waals surface area contributed by atoms with Gasteiger partial charge in [0.05, 0.1) is 0 Å². The summed E-state index contributed by atoms with van der Waals surface area (Å²) >= 11 is 0. The van der Waals surface area contributed by atoms with E-state index in [2.05, 4.69) is 5.32 Å². The molecule has 0 radical (unpaired) electrons. The molecule has 1 rings (SSSR count). The number of rotatable bonds is 3. The molecule has 3 nitrogen and oxygen atoms in total. The Bertz CT molecular complexity index is 342. The summed E-state index contributed by atoms with van der Waals surface area (Å²) in [5, 5.41) is 2.29. The minimum atomic E-state index is -0.699. The molecule has 1 aromatic carbocycles. The number of ether oxygens (including phenoxy) is 1. The standard InChI is InChI=1S/C9H9F2NO2/c1-12-9(13)5-14-8-4-6(10)2-3-7(8)11/h2-4H,5H2,1H3,(H,12,13). The van der Waals surface area contributed by atoms with Gasteiger partial charge in [0.25, 0.3) is 5.91 Å². The number of halogens is 2. The van der Waals surface area contributed by atoms with Crippen LogP contribution in [0.4, 0.5) is 8.78 Å². The number of hydrogen-bond donors (Lipinski definition) is 1. The monoisotopic (exact) mass is 201 g/mol. The second-order valence-electron chi connectivity index (χ2n) is 2.54. The summed E-state index contributed by atoms with van der Waals surface area (Å²) in [6, 6.07) is 2.80. The first-order chi connectivity index (χ1) is 6.63. The van der Waals surface area contributed by atoms with Gasteiger partial charge in [-0.2, -0.15) is 0 Å². The highest BCUT2D eigenvalue weighted by atomic mass is 19.1. The smallest absolute Gasteiger partial charge is 0.257 e. The minimum Gasteiger partial charge on any atom is -0.481 e. The number of carbonyl (C=O) groups is 1. The van der Waals surface area contributed by atoms with E-state index in [0.29, 0.717) is 0 Å². The van der Waals surface area contributed by atoms with Crippen molar-refractivity contribution in [2.24, 2.45) is 0 Å². The average molecular weight is 201 g/mol. The van der Waals surface area contributed by atoms with Crippen LogP contribution in [0.1, 0.15) is 0 Å². The van der Waals surface area contributed by atoms with Crippen LogP contribution in [-0.2, 0) is 4.79 Å². The van der Waals surface area contributed by atoms with Gasteiger partial charge in [0, 0.05) is 13.1 Å². The topological polar surface area (TPSA) is 38.3 Å². The van der Waals surface area contributed by atoms with Crippen LogP contribution in [0.15, 0.2) is 18.2 Å². The maximum Gasteiger partial charge on any atom is 0.257 e. The van der Waals surface area contributed by atoms with E-state index in [9.17, 15) is 13.6 Å². The summed E-state index contributed by atoms with van der Waals surface area (Å²) in [6.45, 7) is -0.336. The van der Waals surface area contributed by atoms with Crippen molar-refractivity contribution in [2.75, 3.05) is 13.7 Å². The fraction of sp³-hybridized carbons (Fsp3) is 0.222. The van der Waals surface area contributed by atoms with Gasteiger partial charge in [0.15, 0.2) is 18.2 Å². The lowest BCUT2D eigenvalue weighted by Gasteiger charge is -2.05. The molecule has 1 amide bonds. The largest absolute Gasteiger partial charge is 0.481 e. The number of nitrogens with one attached hydrogen (secondary N) is 1. The van der Waals surface area contributed by atoms with E-state index < -0.39 is 17.5 Å². The summed E-state index contributed by atoms with van der Waals surface area (Å²) in [5.41, 5.74) is 0. The van der Waals surface area contributed by atoms with Gasteiger partial charge in [0.1, 0.15) is 5.82 Å². The van der Waals surface area contributed by atoms with E-state index in [4.69, 9.17) is 4.74 Å². The maximum atomic E-state index is 12.9. The highest BCUT2D eigenvalue weighted by Gasteiger charge is 2.06. The summed E-state index contributed by atoms with van der Waals surface area (Å²) in [7, 11) is 1.42. The number of likely N-dealkylation sites (N-methyl/N-ethyl adjacent to an activating group) is 1. The van der Waals surface area contributed by atoms with E-state index in [0.717, 1.165) is 18.2 Å². The normalized spacial score (nSPS) is 9.64. The Labute approximate surface area is 79.7 Å². The van der Waals surface area contributed by atoms with Gasteiger partial charge < -0.3 is 10.1 Å². The molecule has 0 saturated heterocycles. The van der Waals surface area contributed by atoms with Gasteiger partial charge in [-0.15, -0.1) is 0 Å². The molecule has 76 valence electrons. The molecule has 0 aromatic heterocycles. The summed E-state index contributed by atoms with van der Waals surface area (Å²) in [4.78, 5) is 10.7. The van der Waals surface area contributed by atoms with Crippen LogP contribution in [-0.4, -0.2) is 19.6 Å². The van der Waals surface area contributed by atoms with E-state index in [1.54, 1.807) is 0 Å². The van der Waals surface area contributed by atoms with E-state index >= 15 is 0 Å². The molecular formula is C9H9F2NO2. The third-order valence-electron chi connectivity index (χ3n) is 1.53. The van der Waals surface area contributed by atoms with Gasteiger partial charge in [-0.05, 0) is 12.1 Å². The van der Waals surface area contributed by atoms with Crippen LogP contribution in [0.2, 0.25) is 0 Å². The predicted molar refractivity (Wildman–Crippen MR) is 45.9 cm³/mol. The Kier molecular flexibility index (Phi) is 3.39. The Morgan fingerprint density at radius 3 is 2.86 bits per heavy atom. The quantitative estimate of drug-likeness (QED) is 0.794. The molecule has 1 N–H and O–H groups in total. The fourth-order valence-corrected chi connectivity index (χ4v) is 0.803. The average Bonchev–Trinajstić information content (AvgIpc) is 2.19. The molecule has 14 heavy (non-hydrogen) atoms. The molecule has 0 heterocycles. The summed E-state index contributed by atoms with van der Waals surface area (Å²) in [5.74, 6) is -1.99. The van der Waals surface area contributed by atoms with Gasteiger partial charge in [0.2, 0.25) is 0 Å². The maximum absolute atomic E-state index is 12.9. The van der Waals surface area contributed by atoms with Crippen LogP contribution in [0.3, 0.4) is 0 Å². The Hall–Kier alpha value is -1.65. The summed E-state index contributed by atoms with van der Waals surface area (Å²) in [6.07, 6.45) is 0. The molecule has 0 spiro atoms. The fourth-order valence-electron chi connectivity index (χ4n) is 0.803. The minimum absolute atomic E-state index is 0.270. The predicted octanol–water partition coefficient (Wildman–Crippen LogP) is 1.09. The SMILES string of the molecule is CNC(=O)COc1cc(F)ccc1F. The number of amides is 1. The molecule has 0 saturated carbocycles. The third-order valence-corrected chi connectivity index (χ3v) is 1.53. The zero-order valence-corrected chi connectivity index (χ0v) is 7.51. The lowest BCUT2D eigenvalue weighted by molar-refractivity contribution is -0.122. The van der Waals surface area contributed by atoms with Crippen LogP contribution in [0.5, 0.6) is 5.75 Å². The van der Waals surface area contributed by atoms with Crippen molar-refractivity contribution in [3.05, 3.63) is 29.8 Å². The number of carbonyl (C=O) groups excluding carboxylic acids is 1. The zero-order chi connectivity index (χ0) is 10.6. The molecule has 0 aliphatic carbocycles. The highest BCUT2D eigenvalue weighted by Crippen LogP contribution is 2.17. The van der Waals surface area contributed by atoms with Gasteiger partial charge in [-0.3, -0.25) is 4.79 Å². The lowest BCUT2D eigenvalue weighted by atomic mass is 10.3. The van der Waals surface area contributed by atoms with Crippen molar-refractivity contribution >= 4 is 5.91 Å². The second kappa shape index (κ2) is 4.55. The van der Waals surface area contributed by atoms with E-state index in [1.165, 1.54) is 7.05 Å². The third kappa shape index (κ3) is 2.69. The number of hydrogen-bond acceptors (Lipinski definition) is 2. The van der Waals surface area contributed by atoms with Crippen LogP contribution in [0.25, 0.3) is 0 Å². The molecule has 0 atom stereocenters. The number of benzene rings is 1. The second-order valence-corrected chi connectivity index (χ2v) is 2.54. The van der Waals surface area contributed by atoms with E-state index in [-0.39, 0.29) is 12.4 Å². The first-order valence-electron chi connectivity index (χ1n) is 3.92. The highest BCUT2D eigenvalue weighted by molar-refractivity contribution is 5.77. The van der Waals surface area contributed by atoms with Crippen LogP contribution < -0.4 is 10.1 Å². The summed E-state index contributed by atoms with van der Waals surface area (Å²) < 4.78 is 30.3. The molecule has 0 unspecified atom stereocenters. The van der Waals surface area contributed by atoms with Crippen LogP contribution in [0, 0.1) is 11.6 Å². The van der Waals surface area contributed by atoms with Crippen molar-refractivity contribution in [1.82, 2.24) is 5.32 Å². The first kappa shape index (κ1) is 10.4. The van der Waals surface area contributed by atoms with Gasteiger partial charge >= 0.3 is 0 Å². The first-order valence-corrected chi connectivity index (χ1v) is 3.92. The molecule has 0 fully saturated rings. The van der Waals surface area contributed by atoms with Crippen molar-refractivity contribution in [3.63, 3.8) is 0 Å². The Morgan fingerprint density at radius 1 is 1.50 bits per heavy atom. The van der Waals surface area contributed by atoms with Gasteiger partial charge in [-0.1, -0.05) is 0 Å². The molecular weight excluding hydrogens is 192 g/mol. The zero-order valence-electron chi connectivity index (χ0n) is 7.51. The lowest BCUT2D eigenvalue weighted by Crippen LogP contribution is -2.25. The van der Waals surface area contributed by atoms with Crippen LogP contribution >= 0.6 is 0 Å². The molecule has 5 heteroatoms. The molecule has 0 aliphatic rings. The van der Waals surface area contributed by atoms with Gasteiger partial charge in [-0.25, -0.2) is 8.78 Å². The van der Waals surface area contributed by atoms with Crippen molar-refractivity contribution in [2.45, 2.75) is 0 Å². The molecule has 0 aliphatic heterocycles. The van der Waals surface area contributed by atoms with Crippen molar-refractivity contribution < 1.29 is 18.3 Å². The van der Waals surface area contributed by atoms with Crippen molar-refractivity contribution in [1.29, 1.82) is 0 Å². The Balaban J connectivity index is 2.66. The van der Waals surface area contributed by atoms with Crippen molar-refractivity contribution in [3.8, 4) is 5.75 Å². The molecule has 0 bridgehead atoms. The Morgan fingerprint density at radius 2 is 2.21 bits per heavy atom.